The minimum Gasteiger partial charge on any atom is -0.466 e. The molecule has 4 saturated carbocycles. The van der Waals surface area contributed by atoms with Gasteiger partial charge in [0.15, 0.2) is 0 Å². The van der Waals surface area contributed by atoms with Crippen LogP contribution in [0.3, 0.4) is 0 Å². The number of fused-ring (bicyclic) bond motifs is 5. The lowest BCUT2D eigenvalue weighted by molar-refractivity contribution is -0.182. The highest BCUT2D eigenvalue weighted by molar-refractivity contribution is 5.83. The fourth-order valence-corrected chi connectivity index (χ4v) is 8.62. The first kappa shape index (κ1) is 23.2. The molecule has 176 valence electrons. The Hall–Kier alpha value is -0.940. The largest absolute Gasteiger partial charge is 0.466 e. The Morgan fingerprint density at radius 2 is 1.90 bits per heavy atom. The van der Waals surface area contributed by atoms with Gasteiger partial charge in [-0.3, -0.25) is 9.59 Å². The molecule has 0 aromatic carbocycles. The average molecular weight is 435 g/mol. The van der Waals surface area contributed by atoms with E-state index in [0.717, 1.165) is 38.5 Å². The number of ether oxygens (including phenoxy) is 1. The molecule has 0 heterocycles. The molecular weight excluding hydrogens is 392 g/mol. The van der Waals surface area contributed by atoms with Gasteiger partial charge in [0.25, 0.3) is 0 Å². The van der Waals surface area contributed by atoms with Crippen molar-refractivity contribution in [1.82, 2.24) is 0 Å². The number of rotatable bonds is 5. The van der Waals surface area contributed by atoms with Gasteiger partial charge in [0.2, 0.25) is 0 Å². The van der Waals surface area contributed by atoms with Crippen molar-refractivity contribution in [3.05, 3.63) is 0 Å². The number of carbonyl (C=O) groups excluding carboxylic acids is 2. The molecule has 5 nitrogen and oxygen atoms in total. The first-order valence-corrected chi connectivity index (χ1v) is 12.7. The van der Waals surface area contributed by atoms with Crippen LogP contribution in [0.2, 0.25) is 0 Å². The van der Waals surface area contributed by atoms with Crippen LogP contribution < -0.4 is 0 Å². The van der Waals surface area contributed by atoms with Gasteiger partial charge < -0.3 is 14.9 Å². The molecule has 5 heteroatoms. The summed E-state index contributed by atoms with van der Waals surface area (Å²) in [6, 6.07) is 0. The van der Waals surface area contributed by atoms with Gasteiger partial charge in [-0.2, -0.15) is 0 Å². The van der Waals surface area contributed by atoms with E-state index >= 15 is 0 Å². The average Bonchev–Trinajstić information content (AvgIpc) is 3.07. The van der Waals surface area contributed by atoms with Crippen LogP contribution in [-0.4, -0.2) is 40.8 Å². The lowest BCUT2D eigenvalue weighted by Crippen LogP contribution is -2.61. The molecule has 0 bridgehead atoms. The van der Waals surface area contributed by atoms with E-state index in [4.69, 9.17) is 4.74 Å². The van der Waals surface area contributed by atoms with Gasteiger partial charge >= 0.3 is 5.97 Å². The Labute approximate surface area is 187 Å². The summed E-state index contributed by atoms with van der Waals surface area (Å²) in [5.41, 5.74) is -0.212. The number of aliphatic hydroxyl groups is 2. The standard InChI is InChI=1S/C26H42O5/c1-5-31-23(30)9-6-15(2)18-7-8-19-24-20(14-22(29)26(18,19)4)25(3)11-10-17(27)12-16(25)13-21(24)28/h15-20,22,24,27,29H,5-14H2,1-4H3/t15-,16+,17-,18-,19+,20+,22+,24+,25-,26-/m0/s1. The molecule has 0 aliphatic heterocycles. The summed E-state index contributed by atoms with van der Waals surface area (Å²) in [5.74, 6) is 1.64. The number of ketones is 1. The highest BCUT2D eigenvalue weighted by Crippen LogP contribution is 2.67. The number of Topliss-reactive ketones (excluding diaryl/α,β-unsaturated/α-hetero) is 1. The lowest BCUT2D eigenvalue weighted by atomic mass is 9.43. The van der Waals surface area contributed by atoms with Crippen LogP contribution in [0.5, 0.6) is 0 Å². The molecule has 4 aliphatic carbocycles. The molecule has 4 fully saturated rings. The predicted molar refractivity (Wildman–Crippen MR) is 118 cm³/mol. The molecular formula is C26H42O5. The summed E-state index contributed by atoms with van der Waals surface area (Å²) in [7, 11) is 0. The molecule has 31 heavy (non-hydrogen) atoms. The molecule has 10 atom stereocenters. The van der Waals surface area contributed by atoms with Crippen LogP contribution >= 0.6 is 0 Å². The third kappa shape index (κ3) is 3.68. The van der Waals surface area contributed by atoms with Crippen molar-refractivity contribution in [3.8, 4) is 0 Å². The van der Waals surface area contributed by atoms with Crippen molar-refractivity contribution < 1.29 is 24.5 Å². The van der Waals surface area contributed by atoms with Crippen LogP contribution in [0, 0.1) is 46.3 Å². The number of hydrogen-bond acceptors (Lipinski definition) is 5. The van der Waals surface area contributed by atoms with Gasteiger partial charge in [0.05, 0.1) is 18.8 Å². The first-order valence-electron chi connectivity index (χ1n) is 12.7. The summed E-state index contributed by atoms with van der Waals surface area (Å²) in [4.78, 5) is 25.3. The molecule has 0 saturated heterocycles. The minimum absolute atomic E-state index is 0.0483. The summed E-state index contributed by atoms with van der Waals surface area (Å²) in [6.07, 6.45) is 6.34. The van der Waals surface area contributed by atoms with Crippen molar-refractivity contribution >= 4 is 11.8 Å². The van der Waals surface area contributed by atoms with Gasteiger partial charge in [-0.15, -0.1) is 0 Å². The van der Waals surface area contributed by atoms with E-state index in [1.807, 2.05) is 6.92 Å². The zero-order valence-electron chi connectivity index (χ0n) is 19.8. The molecule has 0 amide bonds. The highest BCUT2D eigenvalue weighted by Gasteiger charge is 2.65. The van der Waals surface area contributed by atoms with E-state index in [9.17, 15) is 19.8 Å². The maximum absolute atomic E-state index is 13.5. The van der Waals surface area contributed by atoms with E-state index in [-0.39, 0.29) is 46.6 Å². The fourth-order valence-electron chi connectivity index (χ4n) is 8.62. The number of hydrogen-bond donors (Lipinski definition) is 2. The Balaban J connectivity index is 1.55. The van der Waals surface area contributed by atoms with Gasteiger partial charge in [0, 0.05) is 24.2 Å². The highest BCUT2D eigenvalue weighted by atomic mass is 16.5. The summed E-state index contributed by atoms with van der Waals surface area (Å²) in [5, 5.41) is 21.8. The maximum atomic E-state index is 13.5. The minimum atomic E-state index is -0.411. The topological polar surface area (TPSA) is 83.8 Å². The second kappa shape index (κ2) is 8.44. The fraction of sp³-hybridized carbons (Fsp3) is 0.923. The maximum Gasteiger partial charge on any atom is 0.305 e. The Kier molecular flexibility index (Phi) is 6.33. The monoisotopic (exact) mass is 434 g/mol. The van der Waals surface area contributed by atoms with Gasteiger partial charge in [-0.05, 0) is 86.9 Å². The third-order valence-corrected chi connectivity index (χ3v) is 10.4. The van der Waals surface area contributed by atoms with Gasteiger partial charge in [0.1, 0.15) is 5.78 Å². The summed E-state index contributed by atoms with van der Waals surface area (Å²) < 4.78 is 5.11. The molecule has 0 aromatic rings. The Morgan fingerprint density at radius 3 is 2.61 bits per heavy atom. The smallest absolute Gasteiger partial charge is 0.305 e. The zero-order valence-corrected chi connectivity index (χ0v) is 19.8. The van der Waals surface area contributed by atoms with E-state index in [0.29, 0.717) is 43.5 Å². The number of carbonyl (C=O) groups is 2. The summed E-state index contributed by atoms with van der Waals surface area (Å²) in [6.45, 7) is 9.01. The quantitative estimate of drug-likeness (QED) is 0.636. The normalized spacial score (nSPS) is 47.8. The van der Waals surface area contributed by atoms with Crippen LogP contribution in [0.4, 0.5) is 0 Å². The summed E-state index contributed by atoms with van der Waals surface area (Å²) >= 11 is 0. The predicted octanol–water partition coefficient (Wildman–Crippen LogP) is 4.14. The molecule has 4 rings (SSSR count). The van der Waals surface area contributed by atoms with E-state index in [1.165, 1.54) is 0 Å². The lowest BCUT2D eigenvalue weighted by Gasteiger charge is -2.61. The van der Waals surface area contributed by atoms with E-state index in [1.54, 1.807) is 0 Å². The molecule has 0 radical (unpaired) electrons. The van der Waals surface area contributed by atoms with Crippen molar-refractivity contribution in [2.75, 3.05) is 6.61 Å². The first-order chi connectivity index (χ1) is 14.6. The van der Waals surface area contributed by atoms with Crippen LogP contribution in [0.1, 0.15) is 85.5 Å². The second-order valence-corrected chi connectivity index (χ2v) is 11.7. The third-order valence-electron chi connectivity index (χ3n) is 10.4. The second-order valence-electron chi connectivity index (χ2n) is 11.7. The Morgan fingerprint density at radius 1 is 1.16 bits per heavy atom. The van der Waals surface area contributed by atoms with Gasteiger partial charge in [-0.1, -0.05) is 20.8 Å². The van der Waals surface area contributed by atoms with Crippen LogP contribution in [-0.2, 0) is 14.3 Å². The van der Waals surface area contributed by atoms with E-state index in [2.05, 4.69) is 20.8 Å². The van der Waals surface area contributed by atoms with Gasteiger partial charge in [-0.25, -0.2) is 0 Å². The molecule has 2 N–H and O–H groups in total. The number of aliphatic hydroxyl groups excluding tert-OH is 2. The zero-order chi connectivity index (χ0) is 22.6. The van der Waals surface area contributed by atoms with Crippen LogP contribution in [0.15, 0.2) is 0 Å². The Bertz CT molecular complexity index is 706. The molecule has 0 unspecified atom stereocenters. The number of esters is 1. The molecule has 0 aromatic heterocycles. The van der Waals surface area contributed by atoms with E-state index < -0.39 is 6.10 Å². The van der Waals surface area contributed by atoms with Crippen molar-refractivity contribution in [3.63, 3.8) is 0 Å². The van der Waals surface area contributed by atoms with Crippen molar-refractivity contribution in [2.45, 2.75) is 97.7 Å². The molecule has 4 aliphatic rings. The van der Waals surface area contributed by atoms with Crippen LogP contribution in [0.25, 0.3) is 0 Å². The molecule has 0 spiro atoms. The SMILES string of the molecule is CCOC(=O)CC[C@H](C)[C@@H]1CC[C@@H]2[C@H]3C(=O)C[C@H]4C[C@@H](O)CC[C@]4(C)[C@@H]3C[C@@H](O)[C@]21C. The van der Waals surface area contributed by atoms with Crippen molar-refractivity contribution in [2.24, 2.45) is 46.3 Å². The van der Waals surface area contributed by atoms with Crippen molar-refractivity contribution in [1.29, 1.82) is 0 Å².